The van der Waals surface area contributed by atoms with E-state index in [4.69, 9.17) is 0 Å². The molecule has 6 nitrogen and oxygen atoms in total. The van der Waals surface area contributed by atoms with Crippen molar-refractivity contribution in [2.24, 2.45) is 7.05 Å². The highest BCUT2D eigenvalue weighted by Gasteiger charge is 2.36. The molecule has 0 spiro atoms. The first kappa shape index (κ1) is 15.9. The number of benzene rings is 1. The van der Waals surface area contributed by atoms with Gasteiger partial charge in [0, 0.05) is 19.7 Å². The third-order valence-corrected chi connectivity index (χ3v) is 6.08. The fourth-order valence-electron chi connectivity index (χ4n) is 2.97. The average molecular weight is 339 g/mol. The number of sulfonamides is 1. The highest BCUT2D eigenvalue weighted by atomic mass is 32.2. The molecule has 1 aromatic carbocycles. The summed E-state index contributed by atoms with van der Waals surface area (Å²) >= 11 is 0. The van der Waals surface area contributed by atoms with E-state index in [1.165, 1.54) is 33.3 Å². The summed E-state index contributed by atoms with van der Waals surface area (Å²) in [6, 6.07) is 6.28. The maximum Gasteiger partial charge on any atom is 0.266 e. The van der Waals surface area contributed by atoms with Crippen molar-refractivity contribution in [2.75, 3.05) is 6.54 Å². The summed E-state index contributed by atoms with van der Waals surface area (Å²) in [4.78, 5) is 11.3. The summed E-state index contributed by atoms with van der Waals surface area (Å²) in [5.41, 5.74) is 0.311. The fourth-order valence-corrected chi connectivity index (χ4v) is 4.71. The van der Waals surface area contributed by atoms with Gasteiger partial charge in [0.05, 0.1) is 11.7 Å². The molecule has 1 N–H and O–H groups in total. The minimum atomic E-state index is -3.97. The number of H-pyrrole nitrogens is 1. The van der Waals surface area contributed by atoms with Crippen molar-refractivity contribution in [3.63, 3.8) is 0 Å². The molecule has 0 aliphatic carbocycles. The van der Waals surface area contributed by atoms with Crippen LogP contribution in [0.15, 0.2) is 40.0 Å². The Bertz CT molecular complexity index is 872. The molecular formula is C15H18FN3O3S. The van der Waals surface area contributed by atoms with Gasteiger partial charge in [-0.3, -0.25) is 14.6 Å². The number of nitrogens with zero attached hydrogens (tertiary/aromatic N) is 2. The third kappa shape index (κ3) is 2.84. The van der Waals surface area contributed by atoms with Gasteiger partial charge in [-0.05, 0) is 25.0 Å². The molecule has 0 amide bonds. The summed E-state index contributed by atoms with van der Waals surface area (Å²) in [7, 11) is -2.39. The van der Waals surface area contributed by atoms with Crippen LogP contribution < -0.4 is 5.56 Å². The van der Waals surface area contributed by atoms with Crippen molar-refractivity contribution in [2.45, 2.75) is 30.2 Å². The molecule has 1 saturated heterocycles. The van der Waals surface area contributed by atoms with Crippen LogP contribution in [0.25, 0.3) is 0 Å². The summed E-state index contributed by atoms with van der Waals surface area (Å²) < 4.78 is 42.3. The van der Waals surface area contributed by atoms with E-state index in [0.717, 1.165) is 12.5 Å². The largest absolute Gasteiger partial charge is 0.298 e. The number of nitrogens with one attached hydrogen (secondary N) is 1. The third-order valence-electron chi connectivity index (χ3n) is 4.14. The zero-order chi connectivity index (χ0) is 16.6. The first-order valence-electron chi connectivity index (χ1n) is 7.43. The molecule has 8 heteroatoms. The van der Waals surface area contributed by atoms with Crippen LogP contribution in [0.2, 0.25) is 0 Å². The number of piperidine rings is 1. The molecule has 3 rings (SSSR count). The Kier molecular flexibility index (Phi) is 4.11. The summed E-state index contributed by atoms with van der Waals surface area (Å²) in [6.07, 6.45) is 2.15. The van der Waals surface area contributed by atoms with Crippen LogP contribution in [-0.2, 0) is 17.1 Å². The molecule has 2 heterocycles. The van der Waals surface area contributed by atoms with Gasteiger partial charge in [-0.1, -0.05) is 18.6 Å². The van der Waals surface area contributed by atoms with E-state index in [-0.39, 0.29) is 10.5 Å². The van der Waals surface area contributed by atoms with Crippen LogP contribution in [0.5, 0.6) is 0 Å². The van der Waals surface area contributed by atoms with Crippen LogP contribution in [0, 0.1) is 5.82 Å². The SMILES string of the molecule is Cn1[nH]c(C2CCCCN2S(=O)(=O)c2ccccc2F)cc1=O. The smallest absolute Gasteiger partial charge is 0.266 e. The number of aryl methyl sites for hydroxylation is 1. The summed E-state index contributed by atoms with van der Waals surface area (Å²) in [5.74, 6) is -0.765. The van der Waals surface area contributed by atoms with Crippen molar-refractivity contribution >= 4 is 10.0 Å². The van der Waals surface area contributed by atoms with Gasteiger partial charge >= 0.3 is 0 Å². The van der Waals surface area contributed by atoms with E-state index in [1.807, 2.05) is 0 Å². The van der Waals surface area contributed by atoms with Crippen molar-refractivity contribution in [1.82, 2.24) is 14.1 Å². The van der Waals surface area contributed by atoms with Gasteiger partial charge in [0.25, 0.3) is 5.56 Å². The Labute approximate surface area is 133 Å². The summed E-state index contributed by atoms with van der Waals surface area (Å²) in [6.45, 7) is 0.304. The highest BCUT2D eigenvalue weighted by molar-refractivity contribution is 7.89. The van der Waals surface area contributed by atoms with Gasteiger partial charge in [-0.25, -0.2) is 12.8 Å². The number of hydrogen-bond acceptors (Lipinski definition) is 3. The zero-order valence-corrected chi connectivity index (χ0v) is 13.5. The molecule has 1 aliphatic heterocycles. The van der Waals surface area contributed by atoms with Gasteiger partial charge in [0.1, 0.15) is 10.7 Å². The molecule has 2 aromatic rings. The second-order valence-electron chi connectivity index (χ2n) is 5.67. The lowest BCUT2D eigenvalue weighted by atomic mass is 10.0. The van der Waals surface area contributed by atoms with E-state index < -0.39 is 21.9 Å². The van der Waals surface area contributed by atoms with Crippen molar-refractivity contribution < 1.29 is 12.8 Å². The molecule has 1 fully saturated rings. The van der Waals surface area contributed by atoms with Crippen molar-refractivity contribution in [3.8, 4) is 0 Å². The van der Waals surface area contributed by atoms with E-state index in [9.17, 15) is 17.6 Å². The minimum Gasteiger partial charge on any atom is -0.298 e. The van der Waals surface area contributed by atoms with E-state index in [2.05, 4.69) is 5.10 Å². The Balaban J connectivity index is 2.05. The molecule has 0 saturated carbocycles. The Morgan fingerprint density at radius 2 is 2.00 bits per heavy atom. The van der Waals surface area contributed by atoms with E-state index in [0.29, 0.717) is 25.1 Å². The molecule has 0 radical (unpaired) electrons. The van der Waals surface area contributed by atoms with Crippen molar-refractivity contribution in [3.05, 3.63) is 52.2 Å². The van der Waals surface area contributed by atoms with Gasteiger partial charge in [-0.2, -0.15) is 4.31 Å². The first-order chi connectivity index (χ1) is 10.9. The van der Waals surface area contributed by atoms with Crippen LogP contribution in [-0.4, -0.2) is 29.0 Å². The maximum atomic E-state index is 14.0. The van der Waals surface area contributed by atoms with E-state index in [1.54, 1.807) is 7.05 Å². The zero-order valence-electron chi connectivity index (χ0n) is 12.7. The van der Waals surface area contributed by atoms with E-state index >= 15 is 0 Å². The summed E-state index contributed by atoms with van der Waals surface area (Å²) in [5, 5.41) is 2.89. The van der Waals surface area contributed by atoms with Gasteiger partial charge in [-0.15, -0.1) is 0 Å². The number of halogens is 1. The Morgan fingerprint density at radius 3 is 2.65 bits per heavy atom. The van der Waals surface area contributed by atoms with Crippen molar-refractivity contribution in [1.29, 1.82) is 0 Å². The first-order valence-corrected chi connectivity index (χ1v) is 8.87. The topological polar surface area (TPSA) is 75.2 Å². The lowest BCUT2D eigenvalue weighted by Crippen LogP contribution is -2.39. The number of hydrogen-bond donors (Lipinski definition) is 1. The van der Waals surface area contributed by atoms with Gasteiger partial charge in [0.2, 0.25) is 10.0 Å². The lowest BCUT2D eigenvalue weighted by Gasteiger charge is -2.34. The number of aromatic nitrogens is 2. The quantitative estimate of drug-likeness (QED) is 0.926. The van der Waals surface area contributed by atoms with Crippen LogP contribution in [0.3, 0.4) is 0 Å². The lowest BCUT2D eigenvalue weighted by molar-refractivity contribution is 0.249. The molecule has 1 unspecified atom stereocenters. The molecule has 1 aromatic heterocycles. The van der Waals surface area contributed by atoms with Crippen LogP contribution >= 0.6 is 0 Å². The Morgan fingerprint density at radius 1 is 1.26 bits per heavy atom. The molecular weight excluding hydrogens is 321 g/mol. The van der Waals surface area contributed by atoms with Crippen LogP contribution in [0.4, 0.5) is 4.39 Å². The Hall–Kier alpha value is -1.93. The fraction of sp³-hybridized carbons (Fsp3) is 0.400. The molecule has 23 heavy (non-hydrogen) atoms. The molecule has 1 atom stereocenters. The average Bonchev–Trinajstić information content (AvgIpc) is 2.87. The highest BCUT2D eigenvalue weighted by Crippen LogP contribution is 2.34. The standard InChI is InChI=1S/C15H18FN3O3S/c1-18-15(20)10-12(17-18)13-7-4-5-9-19(13)23(21,22)14-8-3-2-6-11(14)16/h2-3,6,8,10,13,17H,4-5,7,9H2,1H3. The normalized spacial score (nSPS) is 19.8. The van der Waals surface area contributed by atoms with Gasteiger partial charge < -0.3 is 0 Å². The number of aromatic amines is 1. The monoisotopic (exact) mass is 339 g/mol. The maximum absolute atomic E-state index is 14.0. The molecule has 124 valence electrons. The second-order valence-corrected chi connectivity index (χ2v) is 7.53. The molecule has 0 bridgehead atoms. The van der Waals surface area contributed by atoms with Gasteiger partial charge in [0.15, 0.2) is 0 Å². The predicted octanol–water partition coefficient (Wildman–Crippen LogP) is 1.77. The second kappa shape index (κ2) is 5.93. The minimum absolute atomic E-state index is 0.228. The number of rotatable bonds is 3. The van der Waals surface area contributed by atoms with Crippen LogP contribution in [0.1, 0.15) is 31.0 Å². The molecule has 1 aliphatic rings. The predicted molar refractivity (Wildman–Crippen MR) is 82.9 cm³/mol.